The average Bonchev–Trinajstić information content (AvgIpc) is 3.09. The smallest absolute Gasteiger partial charge is 0.317 e. The van der Waals surface area contributed by atoms with E-state index < -0.39 is 11.9 Å². The zero-order chi connectivity index (χ0) is 17.1. The molecule has 2 atom stereocenters. The molecule has 0 aliphatic heterocycles. The highest BCUT2D eigenvalue weighted by Crippen LogP contribution is 2.41. The zero-order valence-electron chi connectivity index (χ0n) is 13.8. The Bertz CT molecular complexity index is 757. The molecule has 0 saturated carbocycles. The molecule has 1 heterocycles. The van der Waals surface area contributed by atoms with Crippen molar-refractivity contribution < 1.29 is 14.3 Å². The highest BCUT2D eigenvalue weighted by Gasteiger charge is 2.39. The highest BCUT2D eigenvalue weighted by molar-refractivity contribution is 7.11. The number of benzene rings is 1. The minimum Gasteiger partial charge on any atom is -0.465 e. The number of allylic oxidation sites excluding steroid dienone is 2. The molecular formula is C20H20O3S. The van der Waals surface area contributed by atoms with Gasteiger partial charge in [-0.2, -0.15) is 0 Å². The molecule has 124 valence electrons. The summed E-state index contributed by atoms with van der Waals surface area (Å²) in [6, 6.07) is 12.0. The Kier molecular flexibility index (Phi) is 4.95. The summed E-state index contributed by atoms with van der Waals surface area (Å²) in [7, 11) is 0. The van der Waals surface area contributed by atoms with E-state index in [9.17, 15) is 9.59 Å². The quantitative estimate of drug-likeness (QED) is 0.613. The van der Waals surface area contributed by atoms with Crippen LogP contribution in [0.3, 0.4) is 0 Å². The van der Waals surface area contributed by atoms with E-state index in [0.29, 0.717) is 6.42 Å². The van der Waals surface area contributed by atoms with Crippen molar-refractivity contribution in [3.8, 4) is 0 Å². The van der Waals surface area contributed by atoms with Crippen LogP contribution < -0.4 is 0 Å². The van der Waals surface area contributed by atoms with Gasteiger partial charge in [-0.05, 0) is 48.9 Å². The van der Waals surface area contributed by atoms with Gasteiger partial charge in [0.25, 0.3) is 0 Å². The van der Waals surface area contributed by atoms with Crippen molar-refractivity contribution in [2.45, 2.75) is 26.2 Å². The molecule has 3 rings (SSSR count). The first kappa shape index (κ1) is 16.7. The third kappa shape index (κ3) is 3.34. The number of rotatable bonds is 4. The van der Waals surface area contributed by atoms with E-state index >= 15 is 0 Å². The van der Waals surface area contributed by atoms with Gasteiger partial charge in [-0.3, -0.25) is 9.59 Å². The Balaban J connectivity index is 2.00. The molecule has 24 heavy (non-hydrogen) atoms. The Morgan fingerprint density at radius 3 is 2.62 bits per heavy atom. The van der Waals surface area contributed by atoms with Crippen LogP contribution in [-0.2, 0) is 14.3 Å². The van der Waals surface area contributed by atoms with Crippen molar-refractivity contribution in [1.29, 1.82) is 0 Å². The van der Waals surface area contributed by atoms with Crippen LogP contribution in [0.1, 0.15) is 35.3 Å². The topological polar surface area (TPSA) is 43.4 Å². The van der Waals surface area contributed by atoms with Crippen LogP contribution in [0, 0.1) is 12.8 Å². The van der Waals surface area contributed by atoms with Gasteiger partial charge in [0.1, 0.15) is 5.92 Å². The molecule has 1 aliphatic rings. The van der Waals surface area contributed by atoms with Crippen molar-refractivity contribution in [2.24, 2.45) is 5.92 Å². The van der Waals surface area contributed by atoms with Crippen LogP contribution in [0.25, 0.3) is 5.57 Å². The van der Waals surface area contributed by atoms with Gasteiger partial charge in [0.05, 0.1) is 6.61 Å². The Morgan fingerprint density at radius 2 is 2.00 bits per heavy atom. The second-order valence-corrected chi connectivity index (χ2v) is 6.95. The zero-order valence-corrected chi connectivity index (χ0v) is 14.6. The third-order valence-corrected chi connectivity index (χ3v) is 5.29. The molecule has 0 bridgehead atoms. The molecule has 0 saturated heterocycles. The number of carbonyl (C=O) groups is 2. The Labute approximate surface area is 146 Å². The number of esters is 1. The maximum atomic E-state index is 12.7. The average molecular weight is 340 g/mol. The maximum Gasteiger partial charge on any atom is 0.317 e. The fraction of sp³-hybridized carbons (Fsp3) is 0.300. The molecule has 0 unspecified atom stereocenters. The second-order valence-electron chi connectivity index (χ2n) is 6.00. The summed E-state index contributed by atoms with van der Waals surface area (Å²) in [6.07, 6.45) is 2.29. The van der Waals surface area contributed by atoms with Crippen molar-refractivity contribution in [3.05, 3.63) is 63.9 Å². The number of hydrogen-bond donors (Lipinski definition) is 0. The Morgan fingerprint density at radius 1 is 1.25 bits per heavy atom. The molecule has 0 fully saturated rings. The summed E-state index contributed by atoms with van der Waals surface area (Å²) >= 11 is 1.61. The van der Waals surface area contributed by atoms with E-state index in [2.05, 4.69) is 0 Å². The minimum atomic E-state index is -0.753. The van der Waals surface area contributed by atoms with Crippen LogP contribution in [0.5, 0.6) is 0 Å². The fourth-order valence-corrected chi connectivity index (χ4v) is 3.90. The molecule has 0 N–H and O–H groups in total. The lowest BCUT2D eigenvalue weighted by Crippen LogP contribution is -2.33. The number of carbonyl (C=O) groups excluding carboxylic acids is 2. The van der Waals surface area contributed by atoms with Gasteiger partial charge in [-0.15, -0.1) is 11.3 Å². The maximum absolute atomic E-state index is 12.7. The van der Waals surface area contributed by atoms with Gasteiger partial charge in [0.15, 0.2) is 5.78 Å². The fourth-order valence-electron chi connectivity index (χ4n) is 3.14. The first-order valence-corrected chi connectivity index (χ1v) is 8.99. The predicted molar refractivity (Wildman–Crippen MR) is 96.0 cm³/mol. The number of hydrogen-bond acceptors (Lipinski definition) is 4. The third-order valence-electron chi connectivity index (χ3n) is 4.35. The lowest BCUT2D eigenvalue weighted by molar-refractivity contribution is -0.151. The van der Waals surface area contributed by atoms with E-state index in [1.165, 1.54) is 0 Å². The summed E-state index contributed by atoms with van der Waals surface area (Å²) in [4.78, 5) is 26.2. The molecule has 1 aromatic heterocycles. The Hall–Kier alpha value is -2.20. The van der Waals surface area contributed by atoms with E-state index in [-0.39, 0.29) is 18.3 Å². The summed E-state index contributed by atoms with van der Waals surface area (Å²) in [5.41, 5.74) is 3.16. The number of aryl methyl sites for hydroxylation is 1. The standard InChI is InChI=1S/C20H20O3S/c1-3-23-20(22)19-16(14-8-6-13(2)7-9-14)11-15(12-17(19)21)18-5-4-10-24-18/h4-10,12,16,19H,3,11H2,1-2H3/t16-,19-/m1/s1. The lowest BCUT2D eigenvalue weighted by atomic mass is 9.74. The van der Waals surface area contributed by atoms with Crippen molar-refractivity contribution in [1.82, 2.24) is 0 Å². The monoisotopic (exact) mass is 340 g/mol. The molecule has 3 nitrogen and oxygen atoms in total. The van der Waals surface area contributed by atoms with E-state index in [0.717, 1.165) is 21.6 Å². The van der Waals surface area contributed by atoms with Gasteiger partial charge < -0.3 is 4.74 Å². The van der Waals surface area contributed by atoms with Crippen LogP contribution in [-0.4, -0.2) is 18.4 Å². The van der Waals surface area contributed by atoms with Crippen LogP contribution in [0.15, 0.2) is 47.9 Å². The van der Waals surface area contributed by atoms with Gasteiger partial charge >= 0.3 is 5.97 Å². The van der Waals surface area contributed by atoms with E-state index in [4.69, 9.17) is 4.74 Å². The van der Waals surface area contributed by atoms with Gasteiger partial charge in [-0.1, -0.05) is 35.9 Å². The predicted octanol–water partition coefficient (Wildman–Crippen LogP) is 4.38. The molecule has 4 heteroatoms. The number of ketones is 1. The molecule has 0 amide bonds. The van der Waals surface area contributed by atoms with E-state index in [1.54, 1.807) is 24.3 Å². The van der Waals surface area contributed by atoms with Crippen molar-refractivity contribution >= 4 is 28.7 Å². The molecule has 1 aromatic carbocycles. The molecular weight excluding hydrogens is 320 g/mol. The van der Waals surface area contributed by atoms with Gasteiger partial charge in [0, 0.05) is 10.8 Å². The summed E-state index contributed by atoms with van der Waals surface area (Å²) in [6.45, 7) is 4.07. The van der Waals surface area contributed by atoms with Gasteiger partial charge in [-0.25, -0.2) is 0 Å². The lowest BCUT2D eigenvalue weighted by Gasteiger charge is -2.29. The summed E-state index contributed by atoms with van der Waals surface area (Å²) in [5, 5.41) is 2.00. The SMILES string of the molecule is CCOC(=O)[C@H]1C(=O)C=C(c2cccs2)C[C@@H]1c1ccc(C)cc1. The normalized spacial score (nSPS) is 20.6. The molecule has 0 radical (unpaired) electrons. The van der Waals surface area contributed by atoms with Crippen LogP contribution >= 0.6 is 11.3 Å². The first-order valence-electron chi connectivity index (χ1n) is 8.11. The van der Waals surface area contributed by atoms with E-state index in [1.807, 2.05) is 48.7 Å². The second kappa shape index (κ2) is 7.14. The van der Waals surface area contributed by atoms with Gasteiger partial charge in [0.2, 0.25) is 0 Å². The highest BCUT2D eigenvalue weighted by atomic mass is 32.1. The number of thiophene rings is 1. The first-order chi connectivity index (χ1) is 11.6. The summed E-state index contributed by atoms with van der Waals surface area (Å²) in [5.74, 6) is -1.51. The molecule has 2 aromatic rings. The van der Waals surface area contributed by atoms with Crippen LogP contribution in [0.4, 0.5) is 0 Å². The van der Waals surface area contributed by atoms with Crippen LogP contribution in [0.2, 0.25) is 0 Å². The van der Waals surface area contributed by atoms with Crippen molar-refractivity contribution in [2.75, 3.05) is 6.61 Å². The molecule has 0 spiro atoms. The molecule has 1 aliphatic carbocycles. The minimum absolute atomic E-state index is 0.159. The largest absolute Gasteiger partial charge is 0.465 e. The number of ether oxygens (including phenoxy) is 1. The van der Waals surface area contributed by atoms with Crippen molar-refractivity contribution in [3.63, 3.8) is 0 Å². The summed E-state index contributed by atoms with van der Waals surface area (Å²) < 4.78 is 5.17.